The van der Waals surface area contributed by atoms with Crippen molar-refractivity contribution in [3.8, 4) is 0 Å². The molecule has 1 aromatic rings. The van der Waals surface area contributed by atoms with Gasteiger partial charge in [-0.25, -0.2) is 4.98 Å². The molecule has 3 heteroatoms. The number of aliphatic hydroxyl groups is 1. The molecule has 0 aliphatic heterocycles. The van der Waals surface area contributed by atoms with Crippen molar-refractivity contribution >= 4 is 11.6 Å². The van der Waals surface area contributed by atoms with E-state index < -0.39 is 6.58 Å². The number of aromatic nitrogens is 1. The predicted octanol–water partition coefficient (Wildman–Crippen LogP) is 1.23. The van der Waals surface area contributed by atoms with Crippen LogP contribution in [0.3, 0.4) is 0 Å². The number of hydrogen-bond donors (Lipinski definition) is 1. The molecule has 0 aromatic carbocycles. The molecule has 2 nitrogen and oxygen atoms in total. The van der Waals surface area contributed by atoms with Gasteiger partial charge in [-0.05, 0) is 11.6 Å². The van der Waals surface area contributed by atoms with Gasteiger partial charge >= 0.3 is 0 Å². The third kappa shape index (κ3) is 1.66. The Bertz CT molecular complexity index is 211. The first-order valence-corrected chi connectivity index (χ1v) is 2.79. The predicted molar refractivity (Wildman–Crippen MR) is 35.2 cm³/mol. The van der Waals surface area contributed by atoms with Crippen molar-refractivity contribution in [1.29, 1.82) is 0 Å². The summed E-state index contributed by atoms with van der Waals surface area (Å²) in [5.41, 5.74) is 0.449. The molecule has 1 aromatic heterocycles. The highest BCUT2D eigenvalue weighted by Gasteiger charge is 1.88. The van der Waals surface area contributed by atoms with Crippen LogP contribution in [0.15, 0.2) is 18.3 Å². The van der Waals surface area contributed by atoms with Crippen LogP contribution in [0.25, 0.3) is 0 Å². The number of halogens is 1. The van der Waals surface area contributed by atoms with Crippen LogP contribution in [0.5, 0.6) is 0 Å². The van der Waals surface area contributed by atoms with Crippen molar-refractivity contribution in [2.75, 3.05) is 0 Å². The minimum atomic E-state index is -1.22. The van der Waals surface area contributed by atoms with Gasteiger partial charge < -0.3 is 5.11 Å². The Morgan fingerprint density at radius 2 is 2.56 bits per heavy atom. The fourth-order valence-electron chi connectivity index (χ4n) is 0.464. The van der Waals surface area contributed by atoms with Gasteiger partial charge in [0.05, 0.1) is 7.95 Å². The zero-order valence-corrected chi connectivity index (χ0v) is 5.34. The van der Waals surface area contributed by atoms with Crippen LogP contribution >= 0.6 is 11.6 Å². The van der Waals surface area contributed by atoms with E-state index in [9.17, 15) is 0 Å². The minimum absolute atomic E-state index is 0.365. The number of aliphatic hydroxyl groups excluding tert-OH is 1. The lowest BCUT2D eigenvalue weighted by Gasteiger charge is -1.91. The Hall–Kier alpha value is -0.600. The first kappa shape index (κ1) is 5.21. The van der Waals surface area contributed by atoms with Gasteiger partial charge in [0.2, 0.25) is 0 Å². The van der Waals surface area contributed by atoms with E-state index in [0.717, 1.165) is 0 Å². The van der Waals surface area contributed by atoms with Crippen LogP contribution in [0.2, 0.25) is 5.15 Å². The molecule has 0 fully saturated rings. The molecular formula is C6H6ClNO. The van der Waals surface area contributed by atoms with Crippen molar-refractivity contribution < 1.29 is 6.48 Å². The summed E-state index contributed by atoms with van der Waals surface area (Å²) in [7, 11) is 0. The van der Waals surface area contributed by atoms with Gasteiger partial charge in [0, 0.05) is 6.20 Å². The molecule has 0 aliphatic rings. The van der Waals surface area contributed by atoms with E-state index in [2.05, 4.69) is 4.98 Å². The topological polar surface area (TPSA) is 33.1 Å². The Kier molecular flexibility index (Phi) is 1.62. The van der Waals surface area contributed by atoms with E-state index in [1.54, 1.807) is 6.07 Å². The van der Waals surface area contributed by atoms with Gasteiger partial charge in [-0.2, -0.15) is 0 Å². The number of pyridine rings is 1. The van der Waals surface area contributed by atoms with E-state index >= 15 is 0 Å². The van der Waals surface area contributed by atoms with Gasteiger partial charge in [0.1, 0.15) is 5.15 Å². The second kappa shape index (κ2) is 2.80. The lowest BCUT2D eigenvalue weighted by atomic mass is 10.3. The average Bonchev–Trinajstić information content (AvgIpc) is 1.88. The molecule has 0 saturated heterocycles. The maximum Gasteiger partial charge on any atom is 0.129 e. The minimum Gasteiger partial charge on any atom is -0.392 e. The second-order valence-electron chi connectivity index (χ2n) is 1.54. The average molecular weight is 145 g/mol. The molecule has 1 rings (SSSR count). The number of hydrogen-bond acceptors (Lipinski definition) is 2. The van der Waals surface area contributed by atoms with Crippen molar-refractivity contribution in [3.63, 3.8) is 0 Å². The molecule has 48 valence electrons. The molecule has 9 heavy (non-hydrogen) atoms. The maximum absolute atomic E-state index is 8.70. The Morgan fingerprint density at radius 3 is 3.00 bits per heavy atom. The lowest BCUT2D eigenvalue weighted by molar-refractivity contribution is 0.281. The fraction of sp³-hybridized carbons (Fsp3) is 0.167. The van der Waals surface area contributed by atoms with E-state index in [1.807, 2.05) is 0 Å². The molecule has 1 atom stereocenters. The van der Waals surface area contributed by atoms with Crippen LogP contribution in [-0.2, 0) is 6.58 Å². The normalized spacial score (nSPS) is 14.7. The van der Waals surface area contributed by atoms with Crippen LogP contribution in [0.1, 0.15) is 6.93 Å². The summed E-state index contributed by atoms with van der Waals surface area (Å²) in [5, 5.41) is 9.06. The molecule has 0 spiro atoms. The van der Waals surface area contributed by atoms with E-state index in [1.165, 1.54) is 12.3 Å². The third-order valence-corrected chi connectivity index (χ3v) is 1.12. The van der Waals surface area contributed by atoms with E-state index in [0.29, 0.717) is 10.7 Å². The van der Waals surface area contributed by atoms with Gasteiger partial charge in [-0.3, -0.25) is 0 Å². The first-order chi connectivity index (χ1) is 4.70. The van der Waals surface area contributed by atoms with Crippen LogP contribution < -0.4 is 0 Å². The van der Waals surface area contributed by atoms with Crippen molar-refractivity contribution in [1.82, 2.24) is 4.98 Å². The van der Waals surface area contributed by atoms with Gasteiger partial charge in [-0.1, -0.05) is 17.7 Å². The molecule has 0 amide bonds. The zero-order chi connectivity index (χ0) is 7.56. The molecule has 1 N–H and O–H groups in total. The number of nitrogens with zero attached hydrogens (tertiary/aromatic N) is 1. The van der Waals surface area contributed by atoms with Crippen LogP contribution in [0, 0.1) is 0 Å². The molecule has 0 bridgehead atoms. The Labute approximate surface area is 59.5 Å². The third-order valence-electron chi connectivity index (χ3n) is 0.899. The van der Waals surface area contributed by atoms with Crippen molar-refractivity contribution in [3.05, 3.63) is 29.0 Å². The van der Waals surface area contributed by atoms with E-state index in [-0.39, 0.29) is 0 Å². The van der Waals surface area contributed by atoms with Crippen molar-refractivity contribution in [2.24, 2.45) is 0 Å². The van der Waals surface area contributed by atoms with Gasteiger partial charge in [-0.15, -0.1) is 0 Å². The zero-order valence-electron chi connectivity index (χ0n) is 5.58. The summed E-state index contributed by atoms with van der Waals surface area (Å²) in [6.07, 6.45) is 1.38. The number of rotatable bonds is 1. The lowest BCUT2D eigenvalue weighted by Crippen LogP contribution is -1.82. The molecule has 0 aliphatic carbocycles. The monoisotopic (exact) mass is 144 g/mol. The molecule has 1 heterocycles. The molecule has 1 unspecified atom stereocenters. The summed E-state index contributed by atoms with van der Waals surface area (Å²) >= 11 is 5.46. The highest BCUT2D eigenvalue weighted by atomic mass is 35.5. The molecule has 0 radical (unpaired) electrons. The van der Waals surface area contributed by atoms with Gasteiger partial charge in [0.25, 0.3) is 0 Å². The first-order valence-electron chi connectivity index (χ1n) is 2.99. The smallest absolute Gasteiger partial charge is 0.129 e. The Balaban J connectivity index is 2.89. The summed E-state index contributed by atoms with van der Waals surface area (Å²) in [6.45, 7) is -1.22. The maximum atomic E-state index is 8.70. The van der Waals surface area contributed by atoms with Crippen molar-refractivity contribution in [2.45, 2.75) is 6.58 Å². The summed E-state index contributed by atoms with van der Waals surface area (Å²) < 4.78 is 6.86. The van der Waals surface area contributed by atoms with Gasteiger partial charge in [0.15, 0.2) is 0 Å². The Morgan fingerprint density at radius 1 is 1.78 bits per heavy atom. The summed E-state index contributed by atoms with van der Waals surface area (Å²) in [6, 6.07) is 3.10. The quantitative estimate of drug-likeness (QED) is 0.602. The summed E-state index contributed by atoms with van der Waals surface area (Å²) in [5.74, 6) is 0. The highest BCUT2D eigenvalue weighted by Crippen LogP contribution is 2.04. The second-order valence-corrected chi connectivity index (χ2v) is 1.93. The SMILES string of the molecule is [2H]C(O)c1ccc(Cl)nc1. The van der Waals surface area contributed by atoms with Crippen LogP contribution in [-0.4, -0.2) is 10.1 Å². The molecule has 0 saturated carbocycles. The highest BCUT2D eigenvalue weighted by molar-refractivity contribution is 6.29. The fourth-order valence-corrected chi connectivity index (χ4v) is 0.575. The standard InChI is InChI=1S/C6H6ClNO/c7-6-2-1-5(4-9)3-8-6/h1-3,9H,4H2/i4D. The summed E-state index contributed by atoms with van der Waals surface area (Å²) in [4.78, 5) is 3.69. The van der Waals surface area contributed by atoms with Crippen LogP contribution in [0.4, 0.5) is 0 Å². The largest absolute Gasteiger partial charge is 0.392 e. The van der Waals surface area contributed by atoms with E-state index in [4.69, 9.17) is 18.1 Å². The molecular weight excluding hydrogens is 138 g/mol.